The van der Waals surface area contributed by atoms with E-state index in [0.29, 0.717) is 42.3 Å². The number of sulfonamides is 1. The highest BCUT2D eigenvalue weighted by Gasteiger charge is 2.24. The molecule has 0 saturated carbocycles. The van der Waals surface area contributed by atoms with E-state index in [0.717, 1.165) is 25.8 Å². The number of rotatable bonds is 8. The zero-order chi connectivity index (χ0) is 20.6. The van der Waals surface area contributed by atoms with E-state index in [9.17, 15) is 8.42 Å². The molecule has 0 bridgehead atoms. The predicted molar refractivity (Wildman–Crippen MR) is 115 cm³/mol. The first-order chi connectivity index (χ1) is 13.3. The van der Waals surface area contributed by atoms with Crippen molar-refractivity contribution >= 4 is 27.6 Å². The first-order valence-electron chi connectivity index (χ1n) is 9.64. The SMILES string of the molecule is CCC(CNC(=NC)NCC1CCN(S(C)(=O)=O)CC1)Oc1ccccc1Cl. The molecule has 7 nitrogen and oxygen atoms in total. The van der Waals surface area contributed by atoms with Gasteiger partial charge in [-0.25, -0.2) is 12.7 Å². The van der Waals surface area contributed by atoms with Gasteiger partial charge < -0.3 is 15.4 Å². The molecule has 1 heterocycles. The fraction of sp³-hybridized carbons (Fsp3) is 0.632. The summed E-state index contributed by atoms with van der Waals surface area (Å²) < 4.78 is 30.7. The second kappa shape index (κ2) is 10.9. The number of nitrogens with one attached hydrogen (secondary N) is 2. The Kier molecular flexibility index (Phi) is 8.85. The van der Waals surface area contributed by atoms with E-state index in [-0.39, 0.29) is 6.10 Å². The second-order valence-corrected chi connectivity index (χ2v) is 9.41. The lowest BCUT2D eigenvalue weighted by Crippen LogP contribution is -2.46. The molecule has 0 amide bonds. The number of hydrogen-bond acceptors (Lipinski definition) is 4. The highest BCUT2D eigenvalue weighted by atomic mass is 35.5. The van der Waals surface area contributed by atoms with Crippen LogP contribution in [-0.4, -0.2) is 64.3 Å². The van der Waals surface area contributed by atoms with Crippen molar-refractivity contribution in [3.8, 4) is 5.75 Å². The van der Waals surface area contributed by atoms with Crippen molar-refractivity contribution in [2.45, 2.75) is 32.3 Å². The van der Waals surface area contributed by atoms with Crippen LogP contribution in [0.25, 0.3) is 0 Å². The van der Waals surface area contributed by atoms with Crippen LogP contribution in [0.3, 0.4) is 0 Å². The normalized spacial score (nSPS) is 17.9. The smallest absolute Gasteiger partial charge is 0.211 e. The van der Waals surface area contributed by atoms with E-state index in [1.165, 1.54) is 6.26 Å². The Morgan fingerprint density at radius 2 is 2.00 bits per heavy atom. The van der Waals surface area contributed by atoms with Gasteiger partial charge >= 0.3 is 0 Å². The first-order valence-corrected chi connectivity index (χ1v) is 11.9. The maximum Gasteiger partial charge on any atom is 0.211 e. The van der Waals surface area contributed by atoms with Crippen molar-refractivity contribution < 1.29 is 13.2 Å². The van der Waals surface area contributed by atoms with Crippen LogP contribution in [0.4, 0.5) is 0 Å². The average Bonchev–Trinajstić information content (AvgIpc) is 2.68. The average molecular weight is 431 g/mol. The van der Waals surface area contributed by atoms with Crippen LogP contribution in [0.15, 0.2) is 29.3 Å². The Morgan fingerprint density at radius 3 is 2.57 bits per heavy atom. The third-order valence-corrected chi connectivity index (χ3v) is 6.52. The van der Waals surface area contributed by atoms with Gasteiger partial charge in [-0.15, -0.1) is 0 Å². The van der Waals surface area contributed by atoms with Gasteiger partial charge in [0.05, 0.1) is 17.8 Å². The maximum absolute atomic E-state index is 11.6. The van der Waals surface area contributed by atoms with Crippen LogP contribution >= 0.6 is 11.6 Å². The molecule has 1 saturated heterocycles. The van der Waals surface area contributed by atoms with Gasteiger partial charge in [0.1, 0.15) is 11.9 Å². The van der Waals surface area contributed by atoms with Crippen LogP contribution in [0.2, 0.25) is 5.02 Å². The molecule has 1 atom stereocenters. The molecule has 1 aromatic rings. The molecule has 1 fully saturated rings. The molecule has 0 spiro atoms. The van der Waals surface area contributed by atoms with Crippen molar-refractivity contribution in [2.24, 2.45) is 10.9 Å². The number of aliphatic imine (C=N–C) groups is 1. The summed E-state index contributed by atoms with van der Waals surface area (Å²) in [7, 11) is -1.35. The second-order valence-electron chi connectivity index (χ2n) is 7.02. The van der Waals surface area contributed by atoms with Gasteiger partial charge in [0.15, 0.2) is 5.96 Å². The van der Waals surface area contributed by atoms with E-state index in [1.54, 1.807) is 11.4 Å². The predicted octanol–water partition coefficient (Wildman–Crippen LogP) is 2.33. The lowest BCUT2D eigenvalue weighted by Gasteiger charge is -2.30. The monoisotopic (exact) mass is 430 g/mol. The number of nitrogens with zero attached hydrogens (tertiary/aromatic N) is 2. The summed E-state index contributed by atoms with van der Waals surface area (Å²) in [5.41, 5.74) is 0. The number of ether oxygens (including phenoxy) is 1. The molecule has 158 valence electrons. The molecule has 1 aromatic carbocycles. The van der Waals surface area contributed by atoms with E-state index < -0.39 is 10.0 Å². The van der Waals surface area contributed by atoms with Crippen molar-refractivity contribution in [2.75, 3.05) is 39.5 Å². The summed E-state index contributed by atoms with van der Waals surface area (Å²) in [6.07, 6.45) is 3.77. The Hall–Kier alpha value is -1.51. The van der Waals surface area contributed by atoms with Gasteiger partial charge in [-0.1, -0.05) is 30.7 Å². The Bertz CT molecular complexity index is 749. The van der Waals surface area contributed by atoms with Crippen molar-refractivity contribution in [1.82, 2.24) is 14.9 Å². The minimum atomic E-state index is -3.08. The fourth-order valence-corrected chi connectivity index (χ4v) is 4.16. The van der Waals surface area contributed by atoms with Crippen LogP contribution in [0, 0.1) is 5.92 Å². The highest BCUT2D eigenvalue weighted by molar-refractivity contribution is 7.88. The van der Waals surface area contributed by atoms with E-state index in [4.69, 9.17) is 16.3 Å². The van der Waals surface area contributed by atoms with Gasteiger partial charge in [-0.2, -0.15) is 0 Å². The Balaban J connectivity index is 1.76. The number of hydrogen-bond donors (Lipinski definition) is 2. The zero-order valence-electron chi connectivity index (χ0n) is 16.8. The van der Waals surface area contributed by atoms with Gasteiger partial charge in [-0.05, 0) is 37.3 Å². The minimum absolute atomic E-state index is 0.0311. The number of halogens is 1. The minimum Gasteiger partial charge on any atom is -0.487 e. The molecule has 9 heteroatoms. The van der Waals surface area contributed by atoms with E-state index in [2.05, 4.69) is 22.5 Å². The fourth-order valence-electron chi connectivity index (χ4n) is 3.11. The molecular weight excluding hydrogens is 400 g/mol. The molecule has 1 unspecified atom stereocenters. The van der Waals surface area contributed by atoms with Gasteiger partial charge in [-0.3, -0.25) is 4.99 Å². The first kappa shape index (κ1) is 22.8. The van der Waals surface area contributed by atoms with Crippen LogP contribution in [-0.2, 0) is 10.0 Å². The maximum atomic E-state index is 11.6. The molecular formula is C19H31ClN4O3S. The summed E-state index contributed by atoms with van der Waals surface area (Å²) in [5.74, 6) is 1.82. The largest absolute Gasteiger partial charge is 0.487 e. The topological polar surface area (TPSA) is 83.0 Å². The third-order valence-electron chi connectivity index (χ3n) is 4.91. The van der Waals surface area contributed by atoms with Gasteiger partial charge in [0.25, 0.3) is 0 Å². The zero-order valence-corrected chi connectivity index (χ0v) is 18.4. The molecule has 1 aliphatic rings. The summed E-state index contributed by atoms with van der Waals surface area (Å²) in [6, 6.07) is 7.45. The van der Waals surface area contributed by atoms with E-state index >= 15 is 0 Å². The molecule has 0 aromatic heterocycles. The van der Waals surface area contributed by atoms with Crippen LogP contribution in [0.5, 0.6) is 5.75 Å². The Morgan fingerprint density at radius 1 is 1.32 bits per heavy atom. The summed E-state index contributed by atoms with van der Waals surface area (Å²) in [5, 5.41) is 7.23. The molecule has 2 rings (SSSR count). The van der Waals surface area contributed by atoms with Crippen molar-refractivity contribution in [3.63, 3.8) is 0 Å². The highest BCUT2D eigenvalue weighted by Crippen LogP contribution is 2.24. The number of benzene rings is 1. The molecule has 0 aliphatic carbocycles. The summed E-state index contributed by atoms with van der Waals surface area (Å²) in [4.78, 5) is 4.26. The molecule has 1 aliphatic heterocycles. The lowest BCUT2D eigenvalue weighted by molar-refractivity contribution is 0.199. The molecule has 28 heavy (non-hydrogen) atoms. The number of guanidine groups is 1. The Labute approximate surface area is 173 Å². The summed E-state index contributed by atoms with van der Waals surface area (Å²) in [6.45, 7) is 4.60. The quantitative estimate of drug-likeness (QED) is 0.488. The lowest BCUT2D eigenvalue weighted by atomic mass is 9.98. The summed E-state index contributed by atoms with van der Waals surface area (Å²) >= 11 is 6.17. The van der Waals surface area contributed by atoms with Crippen LogP contribution < -0.4 is 15.4 Å². The number of piperidine rings is 1. The van der Waals surface area contributed by atoms with Gasteiger partial charge in [0, 0.05) is 26.7 Å². The molecule has 2 N–H and O–H groups in total. The number of para-hydroxylation sites is 1. The van der Waals surface area contributed by atoms with Crippen LogP contribution in [0.1, 0.15) is 26.2 Å². The van der Waals surface area contributed by atoms with Crippen molar-refractivity contribution in [3.05, 3.63) is 29.3 Å². The third kappa shape index (κ3) is 7.14. The standard InChI is InChI=1S/C19H31ClN4O3S/c1-4-16(27-18-8-6-5-7-17(18)20)14-23-19(21-2)22-13-15-9-11-24(12-10-15)28(3,25)26/h5-8,15-16H,4,9-14H2,1-3H3,(H2,21,22,23). The van der Waals surface area contributed by atoms with Gasteiger partial charge in [0.2, 0.25) is 10.0 Å². The van der Waals surface area contributed by atoms with E-state index in [1.807, 2.05) is 24.3 Å². The molecule has 0 radical (unpaired) electrons. The van der Waals surface area contributed by atoms with Crippen molar-refractivity contribution in [1.29, 1.82) is 0 Å².